The number of sulfonamides is 1. The smallest absolute Gasteiger partial charge is 0.255 e. The molecule has 0 radical (unpaired) electrons. The van der Waals surface area contributed by atoms with Crippen LogP contribution < -0.4 is 14.8 Å². The van der Waals surface area contributed by atoms with Gasteiger partial charge in [-0.25, -0.2) is 8.42 Å². The first-order chi connectivity index (χ1) is 15.7. The molecule has 10 heteroatoms. The number of likely N-dealkylation sites (N-methyl/N-ethyl adjacent to an activating group) is 1. The number of hydrogen-bond acceptors (Lipinski definition) is 6. The number of carbonyl (C=O) groups is 2. The molecule has 1 heterocycles. The molecule has 0 spiro atoms. The maximum Gasteiger partial charge on any atom is 0.255 e. The van der Waals surface area contributed by atoms with Gasteiger partial charge >= 0.3 is 0 Å². The molecule has 178 valence electrons. The van der Waals surface area contributed by atoms with Gasteiger partial charge in [0.2, 0.25) is 10.0 Å². The molecule has 1 aliphatic heterocycles. The first-order valence-corrected chi connectivity index (χ1v) is 12.5. The van der Waals surface area contributed by atoms with Crippen molar-refractivity contribution in [1.29, 1.82) is 0 Å². The van der Waals surface area contributed by atoms with Crippen LogP contribution in [0.1, 0.15) is 34.1 Å². The summed E-state index contributed by atoms with van der Waals surface area (Å²) in [7, 11) is 0.0297. The van der Waals surface area contributed by atoms with E-state index >= 15 is 0 Å². The van der Waals surface area contributed by atoms with Crippen LogP contribution in [0.3, 0.4) is 0 Å². The van der Waals surface area contributed by atoms with Crippen LogP contribution in [-0.4, -0.2) is 76.1 Å². The van der Waals surface area contributed by atoms with E-state index in [1.165, 1.54) is 13.2 Å². The molecule has 0 unspecified atom stereocenters. The van der Waals surface area contributed by atoms with E-state index in [-0.39, 0.29) is 17.2 Å². The number of hydrogen-bond donors (Lipinski definition) is 2. The average molecular weight is 475 g/mol. The predicted octanol–water partition coefficient (Wildman–Crippen LogP) is 2.49. The molecule has 9 nitrogen and oxygen atoms in total. The minimum absolute atomic E-state index is 0.00521. The Labute approximate surface area is 194 Å². The molecule has 3 rings (SSSR count). The fourth-order valence-electron chi connectivity index (χ4n) is 3.55. The molecule has 2 N–H and O–H groups in total. The molecule has 0 aliphatic carbocycles. The van der Waals surface area contributed by atoms with E-state index in [0.717, 1.165) is 13.1 Å². The molecule has 1 aliphatic rings. The summed E-state index contributed by atoms with van der Waals surface area (Å²) >= 11 is 0. The number of benzene rings is 2. The van der Waals surface area contributed by atoms with Crippen LogP contribution in [0, 0.1) is 0 Å². The van der Waals surface area contributed by atoms with Crippen molar-refractivity contribution in [3.05, 3.63) is 53.6 Å². The van der Waals surface area contributed by atoms with Gasteiger partial charge in [-0.3, -0.25) is 14.3 Å². The lowest BCUT2D eigenvalue weighted by molar-refractivity contribution is 0.0664. The molecule has 2 aromatic carbocycles. The van der Waals surface area contributed by atoms with Crippen molar-refractivity contribution in [2.45, 2.75) is 13.3 Å². The number of amides is 2. The Hall–Kier alpha value is -3.11. The van der Waals surface area contributed by atoms with E-state index in [2.05, 4.69) is 14.9 Å². The monoisotopic (exact) mass is 474 g/mol. The van der Waals surface area contributed by atoms with E-state index in [9.17, 15) is 18.0 Å². The van der Waals surface area contributed by atoms with Gasteiger partial charge in [0.05, 0.1) is 18.6 Å². The van der Waals surface area contributed by atoms with E-state index in [4.69, 9.17) is 4.74 Å². The van der Waals surface area contributed by atoms with Gasteiger partial charge in [-0.15, -0.1) is 0 Å². The quantitative estimate of drug-likeness (QED) is 0.609. The topological polar surface area (TPSA) is 108 Å². The minimum Gasteiger partial charge on any atom is -0.495 e. The Morgan fingerprint density at radius 1 is 1.03 bits per heavy atom. The van der Waals surface area contributed by atoms with Crippen molar-refractivity contribution >= 4 is 33.2 Å². The zero-order valence-electron chi connectivity index (χ0n) is 19.1. The van der Waals surface area contributed by atoms with Crippen molar-refractivity contribution in [3.8, 4) is 5.75 Å². The van der Waals surface area contributed by atoms with Gasteiger partial charge in [-0.1, -0.05) is 13.0 Å². The summed E-state index contributed by atoms with van der Waals surface area (Å²) in [5, 5.41) is 2.78. The van der Waals surface area contributed by atoms with Gasteiger partial charge in [0.25, 0.3) is 11.8 Å². The summed E-state index contributed by atoms with van der Waals surface area (Å²) in [5.41, 5.74) is 1.39. The first kappa shape index (κ1) is 24.5. The number of nitrogens with one attached hydrogen (secondary N) is 2. The van der Waals surface area contributed by atoms with Crippen LogP contribution in [0.4, 0.5) is 11.4 Å². The third-order valence-corrected chi connectivity index (χ3v) is 6.85. The summed E-state index contributed by atoms with van der Waals surface area (Å²) < 4.78 is 31.9. The second-order valence-corrected chi connectivity index (χ2v) is 9.81. The Morgan fingerprint density at radius 3 is 2.42 bits per heavy atom. The Bertz CT molecular complexity index is 1110. The van der Waals surface area contributed by atoms with Gasteiger partial charge in [0, 0.05) is 43.0 Å². The lowest BCUT2D eigenvalue weighted by atomic mass is 10.1. The number of ether oxygens (including phenoxy) is 1. The summed E-state index contributed by atoms with van der Waals surface area (Å²) in [5.74, 6) is -0.143. The van der Waals surface area contributed by atoms with Gasteiger partial charge in [-0.2, -0.15) is 0 Å². The van der Waals surface area contributed by atoms with Crippen molar-refractivity contribution < 1.29 is 22.7 Å². The zero-order chi connectivity index (χ0) is 24.0. The van der Waals surface area contributed by atoms with E-state index in [1.807, 2.05) is 7.05 Å². The van der Waals surface area contributed by atoms with Crippen molar-refractivity contribution in [2.24, 2.45) is 0 Å². The van der Waals surface area contributed by atoms with Crippen LogP contribution in [-0.2, 0) is 10.0 Å². The second kappa shape index (κ2) is 10.7. The number of anilines is 2. The minimum atomic E-state index is -3.47. The summed E-state index contributed by atoms with van der Waals surface area (Å²) in [6.45, 7) is 4.68. The van der Waals surface area contributed by atoms with Crippen LogP contribution in [0.15, 0.2) is 42.5 Å². The van der Waals surface area contributed by atoms with Gasteiger partial charge in [0.15, 0.2) is 0 Å². The van der Waals surface area contributed by atoms with Crippen molar-refractivity contribution in [2.75, 3.05) is 56.1 Å². The average Bonchev–Trinajstić information content (AvgIpc) is 2.79. The summed E-state index contributed by atoms with van der Waals surface area (Å²) in [6.07, 6.45) is 0.485. The molecule has 2 amide bonds. The van der Waals surface area contributed by atoms with E-state index in [1.54, 1.807) is 48.2 Å². The summed E-state index contributed by atoms with van der Waals surface area (Å²) in [6, 6.07) is 11.2. The number of carbonyl (C=O) groups excluding carboxylic acids is 2. The second-order valence-electron chi connectivity index (χ2n) is 7.97. The highest BCUT2D eigenvalue weighted by atomic mass is 32.2. The Balaban J connectivity index is 1.78. The highest BCUT2D eigenvalue weighted by Crippen LogP contribution is 2.27. The predicted molar refractivity (Wildman–Crippen MR) is 128 cm³/mol. The van der Waals surface area contributed by atoms with E-state index in [0.29, 0.717) is 42.2 Å². The molecule has 1 fully saturated rings. The molecule has 33 heavy (non-hydrogen) atoms. The van der Waals surface area contributed by atoms with Crippen LogP contribution >= 0.6 is 0 Å². The Kier molecular flexibility index (Phi) is 7.93. The molecule has 0 saturated carbocycles. The van der Waals surface area contributed by atoms with Crippen LogP contribution in [0.25, 0.3) is 0 Å². The number of nitrogens with zero attached hydrogens (tertiary/aromatic N) is 2. The van der Waals surface area contributed by atoms with Crippen LogP contribution in [0.2, 0.25) is 0 Å². The third-order valence-electron chi connectivity index (χ3n) is 5.36. The number of methoxy groups -OCH3 is 1. The lowest BCUT2D eigenvalue weighted by Gasteiger charge is -2.32. The largest absolute Gasteiger partial charge is 0.495 e. The lowest BCUT2D eigenvalue weighted by Crippen LogP contribution is -2.47. The van der Waals surface area contributed by atoms with Gasteiger partial charge < -0.3 is 19.9 Å². The van der Waals surface area contributed by atoms with Crippen LogP contribution in [0.5, 0.6) is 5.75 Å². The zero-order valence-corrected chi connectivity index (χ0v) is 19.9. The highest BCUT2D eigenvalue weighted by Gasteiger charge is 2.22. The molecule has 0 atom stereocenters. The molecular formula is C23H30N4O5S. The fourth-order valence-corrected chi connectivity index (χ4v) is 4.67. The first-order valence-electron chi connectivity index (χ1n) is 10.8. The number of rotatable bonds is 8. The molecule has 2 aromatic rings. The summed E-state index contributed by atoms with van der Waals surface area (Å²) in [4.78, 5) is 29.8. The van der Waals surface area contributed by atoms with Crippen molar-refractivity contribution in [1.82, 2.24) is 9.80 Å². The maximum absolute atomic E-state index is 12.9. The van der Waals surface area contributed by atoms with Gasteiger partial charge in [0.1, 0.15) is 5.75 Å². The fraction of sp³-hybridized carbons (Fsp3) is 0.391. The molecular weight excluding hydrogens is 444 g/mol. The number of piperazine rings is 1. The molecule has 1 saturated heterocycles. The molecule has 0 aromatic heterocycles. The van der Waals surface area contributed by atoms with Crippen molar-refractivity contribution in [3.63, 3.8) is 0 Å². The normalized spacial score (nSPS) is 14.6. The molecule has 0 bridgehead atoms. The Morgan fingerprint density at radius 2 is 1.76 bits per heavy atom. The maximum atomic E-state index is 12.9. The van der Waals surface area contributed by atoms with E-state index < -0.39 is 15.9 Å². The van der Waals surface area contributed by atoms with Gasteiger partial charge in [-0.05, 0) is 49.9 Å². The third kappa shape index (κ3) is 6.45. The highest BCUT2D eigenvalue weighted by molar-refractivity contribution is 7.92. The standard InChI is InChI=1S/C23H30N4O5S/c1-4-14-33(30,31)25-19-7-5-6-17(15-19)22(28)24-20-16-18(8-9-21(20)32-3)23(29)27-12-10-26(2)11-13-27/h5-9,15-16,25H,4,10-14H2,1-3H3,(H,24,28). The SMILES string of the molecule is CCCS(=O)(=O)Nc1cccc(C(=O)Nc2cc(C(=O)N3CCN(C)CC3)ccc2OC)c1.